The van der Waals surface area contributed by atoms with Gasteiger partial charge in [0.05, 0.1) is 50.8 Å². The number of carbonyl (C=O) groups is 3. The maximum Gasteiger partial charge on any atom is 0.309 e. The molecule has 0 aromatic heterocycles. The molecule has 12 heteroatoms. The number of rotatable bonds is 23. The Labute approximate surface area is 346 Å². The molecule has 57 heavy (non-hydrogen) atoms. The Morgan fingerprint density at radius 1 is 0.386 bits per heavy atom. The lowest BCUT2D eigenvalue weighted by Gasteiger charge is -2.34. The minimum absolute atomic E-state index is 0.0744. The van der Waals surface area contributed by atoms with Gasteiger partial charge in [0.25, 0.3) is 0 Å². The maximum absolute atomic E-state index is 13.1. The van der Waals surface area contributed by atoms with Crippen LogP contribution < -0.4 is 0 Å². The molecule has 0 fully saturated rings. The van der Waals surface area contributed by atoms with Crippen LogP contribution in [-0.4, -0.2) is 110 Å². The summed E-state index contributed by atoms with van der Waals surface area (Å²) in [6.07, 6.45) is -2.24. The van der Waals surface area contributed by atoms with Crippen molar-refractivity contribution < 1.29 is 58.1 Å². The molecule has 0 radical (unpaired) electrons. The van der Waals surface area contributed by atoms with Crippen molar-refractivity contribution in [3.63, 3.8) is 0 Å². The van der Waals surface area contributed by atoms with Crippen LogP contribution in [0.3, 0.4) is 0 Å². The highest BCUT2D eigenvalue weighted by molar-refractivity contribution is 5.74. The van der Waals surface area contributed by atoms with Crippen molar-refractivity contribution in [2.75, 3.05) is 52.9 Å². The van der Waals surface area contributed by atoms with Crippen molar-refractivity contribution in [1.82, 2.24) is 0 Å². The molecule has 6 unspecified atom stereocenters. The van der Waals surface area contributed by atoms with Gasteiger partial charge in [0.15, 0.2) is 0 Å². The standard InChI is InChI=1S/C45H86O12/c1-40(2,3)19-34(43(10,11)12)37(49)55-25-30(46)22-52-28-33(54-24-32(48)27-57-39(51)36(45(16,17)18)21-42(7,8)9)29-53-23-31(47)26-56-38(50)35(44(13,14)15)20-41(4,5)6/h30-36,46-48H,19-29H2,1-18H3. The van der Waals surface area contributed by atoms with Gasteiger partial charge in [0.2, 0.25) is 0 Å². The largest absolute Gasteiger partial charge is 0.463 e. The summed E-state index contributed by atoms with van der Waals surface area (Å²) in [7, 11) is 0. The number of aliphatic hydroxyl groups is 3. The lowest BCUT2D eigenvalue weighted by atomic mass is 9.72. The molecule has 0 saturated carbocycles. The average Bonchev–Trinajstić information content (AvgIpc) is 3.01. The van der Waals surface area contributed by atoms with E-state index in [9.17, 15) is 29.7 Å². The second kappa shape index (κ2) is 23.2. The number of carbonyl (C=O) groups excluding carboxylic acids is 3. The molecule has 0 heterocycles. The van der Waals surface area contributed by atoms with Crippen LogP contribution in [0.15, 0.2) is 0 Å². The topological polar surface area (TPSA) is 167 Å². The third-order valence-electron chi connectivity index (χ3n) is 9.45. The van der Waals surface area contributed by atoms with E-state index in [2.05, 4.69) is 62.3 Å². The molecular formula is C45H86O12. The van der Waals surface area contributed by atoms with E-state index in [0.717, 1.165) is 0 Å². The third kappa shape index (κ3) is 26.1. The number of aliphatic hydroxyl groups excluding tert-OH is 3. The van der Waals surface area contributed by atoms with Crippen molar-refractivity contribution in [1.29, 1.82) is 0 Å². The summed E-state index contributed by atoms with van der Waals surface area (Å²) in [6.45, 7) is 35.1. The Bertz CT molecular complexity index is 1110. The van der Waals surface area contributed by atoms with E-state index in [0.29, 0.717) is 19.3 Å². The van der Waals surface area contributed by atoms with Crippen molar-refractivity contribution in [3.05, 3.63) is 0 Å². The van der Waals surface area contributed by atoms with Gasteiger partial charge in [-0.25, -0.2) is 0 Å². The molecular weight excluding hydrogens is 732 g/mol. The van der Waals surface area contributed by atoms with Gasteiger partial charge >= 0.3 is 17.9 Å². The van der Waals surface area contributed by atoms with E-state index in [4.69, 9.17) is 28.4 Å². The van der Waals surface area contributed by atoms with Gasteiger partial charge in [-0.2, -0.15) is 0 Å². The highest BCUT2D eigenvalue weighted by atomic mass is 16.6. The first-order valence-corrected chi connectivity index (χ1v) is 20.8. The number of hydrogen-bond acceptors (Lipinski definition) is 12. The van der Waals surface area contributed by atoms with Crippen LogP contribution in [0.2, 0.25) is 0 Å². The summed E-state index contributed by atoms with van der Waals surface area (Å²) >= 11 is 0. The molecule has 0 aliphatic rings. The van der Waals surface area contributed by atoms with Gasteiger partial charge in [-0.1, -0.05) is 125 Å². The van der Waals surface area contributed by atoms with E-state index in [-0.39, 0.29) is 121 Å². The fraction of sp³-hybridized carbons (Fsp3) is 0.933. The first-order valence-electron chi connectivity index (χ1n) is 20.8. The molecule has 0 rings (SSSR count). The van der Waals surface area contributed by atoms with Gasteiger partial charge in [-0.15, -0.1) is 0 Å². The van der Waals surface area contributed by atoms with Gasteiger partial charge < -0.3 is 43.7 Å². The van der Waals surface area contributed by atoms with E-state index in [1.807, 2.05) is 62.3 Å². The van der Waals surface area contributed by atoms with E-state index in [1.165, 1.54) is 0 Å². The summed E-state index contributed by atoms with van der Waals surface area (Å²) in [5.41, 5.74) is -1.26. The molecule has 12 nitrogen and oxygen atoms in total. The van der Waals surface area contributed by atoms with Crippen molar-refractivity contribution in [2.24, 2.45) is 50.2 Å². The van der Waals surface area contributed by atoms with Crippen LogP contribution in [0.4, 0.5) is 0 Å². The average molecular weight is 819 g/mol. The van der Waals surface area contributed by atoms with Crippen LogP contribution in [0, 0.1) is 50.2 Å². The van der Waals surface area contributed by atoms with Gasteiger partial charge in [-0.05, 0) is 51.8 Å². The second-order valence-corrected chi connectivity index (χ2v) is 22.9. The lowest BCUT2D eigenvalue weighted by Crippen LogP contribution is -2.37. The van der Waals surface area contributed by atoms with Gasteiger partial charge in [-0.3, -0.25) is 14.4 Å². The Balaban J connectivity index is 5.47. The van der Waals surface area contributed by atoms with Crippen LogP contribution in [0.5, 0.6) is 0 Å². The summed E-state index contributed by atoms with van der Waals surface area (Å²) in [4.78, 5) is 39.1. The van der Waals surface area contributed by atoms with Crippen LogP contribution >= 0.6 is 0 Å². The maximum atomic E-state index is 13.1. The molecule has 0 amide bonds. The van der Waals surface area contributed by atoms with Crippen molar-refractivity contribution in [2.45, 2.75) is 168 Å². The zero-order valence-corrected chi connectivity index (χ0v) is 39.3. The first kappa shape index (κ1) is 55.2. The predicted octanol–water partition coefficient (Wildman–Crippen LogP) is 7.41. The van der Waals surface area contributed by atoms with Crippen LogP contribution in [0.1, 0.15) is 144 Å². The van der Waals surface area contributed by atoms with Gasteiger partial charge in [0, 0.05) is 0 Å². The minimum atomic E-state index is -1.14. The van der Waals surface area contributed by atoms with Crippen molar-refractivity contribution >= 4 is 17.9 Å². The molecule has 0 aliphatic heterocycles. The monoisotopic (exact) mass is 819 g/mol. The summed E-state index contributed by atoms with van der Waals surface area (Å²) in [6, 6.07) is 0. The first-order chi connectivity index (χ1) is 25.5. The molecule has 0 aromatic rings. The zero-order valence-electron chi connectivity index (χ0n) is 39.3. The number of esters is 3. The van der Waals surface area contributed by atoms with Crippen LogP contribution in [0.25, 0.3) is 0 Å². The highest BCUT2D eigenvalue weighted by Crippen LogP contribution is 2.39. The smallest absolute Gasteiger partial charge is 0.309 e. The highest BCUT2D eigenvalue weighted by Gasteiger charge is 2.38. The molecule has 0 bridgehead atoms. The third-order valence-corrected chi connectivity index (χ3v) is 9.45. The Morgan fingerprint density at radius 3 is 0.860 bits per heavy atom. The normalized spacial score (nSPS) is 17.2. The summed E-state index contributed by atoms with van der Waals surface area (Å²) < 4.78 is 33.9. The Hall–Kier alpha value is -1.83. The quantitative estimate of drug-likeness (QED) is 0.0691. The number of ether oxygens (including phenoxy) is 6. The fourth-order valence-corrected chi connectivity index (χ4v) is 6.11. The molecule has 0 spiro atoms. The fourth-order valence-electron chi connectivity index (χ4n) is 6.11. The van der Waals surface area contributed by atoms with Crippen LogP contribution in [-0.2, 0) is 42.8 Å². The zero-order chi connectivity index (χ0) is 44.8. The van der Waals surface area contributed by atoms with E-state index in [1.54, 1.807) is 0 Å². The summed E-state index contributed by atoms with van der Waals surface area (Å²) in [5.74, 6) is -2.21. The van der Waals surface area contributed by atoms with E-state index >= 15 is 0 Å². The second-order valence-electron chi connectivity index (χ2n) is 22.9. The SMILES string of the molecule is CC(C)(C)CC(C(=O)OCC(O)COCC(COCC(O)COC(=O)C(CC(C)(C)C)C(C)(C)C)OCC(O)COC(=O)C(CC(C)(C)C)C(C)(C)C)C(C)(C)C. The predicted molar refractivity (Wildman–Crippen MR) is 223 cm³/mol. The number of hydrogen-bond donors (Lipinski definition) is 3. The van der Waals surface area contributed by atoms with Gasteiger partial charge in [0.1, 0.15) is 44.2 Å². The molecule has 338 valence electrons. The minimum Gasteiger partial charge on any atom is -0.463 e. The van der Waals surface area contributed by atoms with E-state index < -0.39 is 24.4 Å². The molecule has 6 atom stereocenters. The van der Waals surface area contributed by atoms with Crippen molar-refractivity contribution in [3.8, 4) is 0 Å². The molecule has 0 aromatic carbocycles. The Morgan fingerprint density at radius 2 is 0.632 bits per heavy atom. The Kier molecular flexibility index (Phi) is 22.5. The lowest BCUT2D eigenvalue weighted by molar-refractivity contribution is -0.162. The molecule has 0 saturated heterocycles. The molecule has 3 N–H and O–H groups in total. The molecule has 0 aliphatic carbocycles. The summed E-state index contributed by atoms with van der Waals surface area (Å²) in [5, 5.41) is 31.9.